The largest absolute Gasteiger partial charge is 0.353 e. The van der Waals surface area contributed by atoms with Gasteiger partial charge in [-0.2, -0.15) is 15.2 Å². The summed E-state index contributed by atoms with van der Waals surface area (Å²) < 4.78 is 8.77. The Labute approximate surface area is 188 Å². The van der Waals surface area contributed by atoms with Gasteiger partial charge < -0.3 is 15.2 Å². The Balaban J connectivity index is 1.42. The zero-order chi connectivity index (χ0) is 22.5. The lowest BCUT2D eigenvalue weighted by Crippen LogP contribution is -2.36. The van der Waals surface area contributed by atoms with E-state index in [9.17, 15) is 19.7 Å². The minimum Gasteiger partial charge on any atom is -0.353 e. The lowest BCUT2D eigenvalue weighted by atomic mass is 10.3. The SMILES string of the molecule is Cc1nn(CC(=O)NCCNC(=O)c2nc(Cn3cc(I)cn3)no2)c(C)c1[N+](=O)[O-]. The van der Waals surface area contributed by atoms with E-state index in [4.69, 9.17) is 4.52 Å². The van der Waals surface area contributed by atoms with Crippen LogP contribution in [0.15, 0.2) is 16.9 Å². The van der Waals surface area contributed by atoms with Crippen LogP contribution in [-0.4, -0.2) is 59.5 Å². The number of halogens is 1. The van der Waals surface area contributed by atoms with E-state index in [2.05, 4.69) is 53.6 Å². The van der Waals surface area contributed by atoms with Crippen LogP contribution < -0.4 is 10.6 Å². The first-order chi connectivity index (χ1) is 14.7. The Morgan fingerprint density at radius 2 is 2.03 bits per heavy atom. The second-order valence-corrected chi connectivity index (χ2v) is 7.66. The van der Waals surface area contributed by atoms with Gasteiger partial charge in [0.25, 0.3) is 0 Å². The van der Waals surface area contributed by atoms with Crippen LogP contribution in [0.4, 0.5) is 5.69 Å². The molecule has 2 N–H and O–H groups in total. The Morgan fingerprint density at radius 3 is 2.68 bits per heavy atom. The van der Waals surface area contributed by atoms with Gasteiger partial charge in [0.15, 0.2) is 5.82 Å². The minimum atomic E-state index is -0.572. The molecule has 3 aromatic heterocycles. The Hall–Kier alpha value is -3.37. The molecule has 0 fully saturated rings. The first-order valence-electron chi connectivity index (χ1n) is 8.98. The van der Waals surface area contributed by atoms with Crippen molar-refractivity contribution in [2.45, 2.75) is 26.9 Å². The third-order valence-corrected chi connectivity index (χ3v) is 4.68. The monoisotopic (exact) mass is 543 g/mol. The summed E-state index contributed by atoms with van der Waals surface area (Å²) >= 11 is 2.12. The highest BCUT2D eigenvalue weighted by molar-refractivity contribution is 14.1. The molecule has 3 rings (SSSR count). The number of carbonyl (C=O) groups excluding carboxylic acids is 2. The predicted molar refractivity (Wildman–Crippen MR) is 112 cm³/mol. The number of nitrogens with one attached hydrogen (secondary N) is 2. The molecule has 0 saturated carbocycles. The molecule has 0 unspecified atom stereocenters. The van der Waals surface area contributed by atoms with Gasteiger partial charge in [-0.15, -0.1) is 0 Å². The summed E-state index contributed by atoms with van der Waals surface area (Å²) in [6.07, 6.45) is 3.47. The summed E-state index contributed by atoms with van der Waals surface area (Å²) in [5.74, 6) is -0.865. The van der Waals surface area contributed by atoms with Crippen molar-refractivity contribution in [2.75, 3.05) is 13.1 Å². The van der Waals surface area contributed by atoms with Gasteiger partial charge in [-0.25, -0.2) is 0 Å². The average molecular weight is 543 g/mol. The van der Waals surface area contributed by atoms with E-state index in [1.165, 1.54) is 18.5 Å². The zero-order valence-electron chi connectivity index (χ0n) is 16.5. The maximum Gasteiger partial charge on any atom is 0.316 e. The fourth-order valence-electron chi connectivity index (χ4n) is 2.73. The van der Waals surface area contributed by atoms with E-state index in [-0.39, 0.29) is 43.5 Å². The average Bonchev–Trinajstić information content (AvgIpc) is 3.39. The van der Waals surface area contributed by atoms with Crippen molar-refractivity contribution >= 4 is 40.1 Å². The summed E-state index contributed by atoms with van der Waals surface area (Å²) in [5, 5.41) is 28.0. The van der Waals surface area contributed by atoms with E-state index in [0.29, 0.717) is 11.5 Å². The van der Waals surface area contributed by atoms with Gasteiger partial charge >= 0.3 is 17.5 Å². The van der Waals surface area contributed by atoms with Crippen molar-refractivity contribution in [2.24, 2.45) is 0 Å². The van der Waals surface area contributed by atoms with Gasteiger partial charge in [0.2, 0.25) is 5.91 Å². The normalized spacial score (nSPS) is 10.8. The first kappa shape index (κ1) is 22.3. The topological polar surface area (TPSA) is 176 Å². The lowest BCUT2D eigenvalue weighted by Gasteiger charge is -2.06. The summed E-state index contributed by atoms with van der Waals surface area (Å²) in [6, 6.07) is 0. The van der Waals surface area contributed by atoms with Crippen molar-refractivity contribution in [1.29, 1.82) is 0 Å². The predicted octanol–water partition coefficient (Wildman–Crippen LogP) is 0.187. The number of nitro groups is 1. The van der Waals surface area contributed by atoms with Crippen molar-refractivity contribution in [1.82, 2.24) is 40.3 Å². The highest BCUT2D eigenvalue weighted by Gasteiger charge is 2.22. The number of carbonyl (C=O) groups is 2. The molecule has 164 valence electrons. The molecule has 0 radical (unpaired) electrons. The molecule has 0 bridgehead atoms. The second kappa shape index (κ2) is 9.63. The van der Waals surface area contributed by atoms with Crippen LogP contribution in [0.3, 0.4) is 0 Å². The molecular formula is C16H18IN9O5. The highest BCUT2D eigenvalue weighted by Crippen LogP contribution is 2.21. The van der Waals surface area contributed by atoms with E-state index < -0.39 is 16.7 Å². The van der Waals surface area contributed by atoms with Gasteiger partial charge in [0.05, 0.1) is 14.7 Å². The second-order valence-electron chi connectivity index (χ2n) is 6.41. The van der Waals surface area contributed by atoms with Crippen molar-refractivity contribution in [3.8, 4) is 0 Å². The summed E-state index contributed by atoms with van der Waals surface area (Å²) in [5.41, 5.74) is 0.424. The van der Waals surface area contributed by atoms with E-state index in [1.807, 2.05) is 0 Å². The van der Waals surface area contributed by atoms with Crippen LogP contribution in [0.1, 0.15) is 27.9 Å². The number of rotatable bonds is 9. The number of aryl methyl sites for hydroxylation is 1. The van der Waals surface area contributed by atoms with Crippen LogP contribution in [0.25, 0.3) is 0 Å². The van der Waals surface area contributed by atoms with Crippen molar-refractivity contribution < 1.29 is 19.0 Å². The van der Waals surface area contributed by atoms with E-state index in [1.54, 1.807) is 17.1 Å². The van der Waals surface area contributed by atoms with Gasteiger partial charge in [0.1, 0.15) is 24.5 Å². The van der Waals surface area contributed by atoms with Crippen LogP contribution in [-0.2, 0) is 17.9 Å². The smallest absolute Gasteiger partial charge is 0.316 e. The van der Waals surface area contributed by atoms with Crippen LogP contribution in [0.5, 0.6) is 0 Å². The molecule has 0 atom stereocenters. The minimum absolute atomic E-state index is 0.110. The van der Waals surface area contributed by atoms with Gasteiger partial charge in [-0.05, 0) is 36.4 Å². The molecule has 0 aliphatic heterocycles. The number of aromatic nitrogens is 6. The lowest BCUT2D eigenvalue weighted by molar-refractivity contribution is -0.386. The fourth-order valence-corrected chi connectivity index (χ4v) is 3.18. The molecular weight excluding hydrogens is 525 g/mol. The van der Waals surface area contributed by atoms with Crippen LogP contribution >= 0.6 is 22.6 Å². The Morgan fingerprint density at radius 1 is 1.29 bits per heavy atom. The molecule has 14 nitrogen and oxygen atoms in total. The van der Waals surface area contributed by atoms with Crippen LogP contribution in [0.2, 0.25) is 0 Å². The van der Waals surface area contributed by atoms with Crippen molar-refractivity contribution in [3.05, 3.63) is 49.2 Å². The van der Waals surface area contributed by atoms with E-state index in [0.717, 1.165) is 3.57 Å². The zero-order valence-corrected chi connectivity index (χ0v) is 18.7. The molecule has 3 aromatic rings. The van der Waals surface area contributed by atoms with Gasteiger partial charge in [0, 0.05) is 19.3 Å². The standard InChI is InChI=1S/C16H18IN9O5/c1-9-14(26(29)30)10(2)25(22-9)8-13(27)18-3-4-19-15(28)16-21-12(23-31-16)7-24-6-11(17)5-20-24/h5-6H,3-4,7-8H2,1-2H3,(H,18,27)(H,19,28). The molecule has 0 aromatic carbocycles. The molecule has 2 amide bonds. The summed E-state index contributed by atoms with van der Waals surface area (Å²) in [7, 11) is 0. The molecule has 0 spiro atoms. The van der Waals surface area contributed by atoms with Gasteiger partial charge in [-0.1, -0.05) is 5.16 Å². The molecule has 0 saturated heterocycles. The van der Waals surface area contributed by atoms with E-state index >= 15 is 0 Å². The molecule has 0 aliphatic carbocycles. The summed E-state index contributed by atoms with van der Waals surface area (Å²) in [6.45, 7) is 3.38. The Bertz CT molecular complexity index is 1120. The molecule has 3 heterocycles. The number of hydrogen-bond acceptors (Lipinski definition) is 9. The third kappa shape index (κ3) is 5.62. The summed E-state index contributed by atoms with van der Waals surface area (Å²) in [4.78, 5) is 38.6. The fraction of sp³-hybridized carbons (Fsp3) is 0.375. The quantitative estimate of drug-likeness (QED) is 0.165. The Kier molecular flexibility index (Phi) is 6.93. The third-order valence-electron chi connectivity index (χ3n) is 4.12. The maximum atomic E-state index is 12.1. The van der Waals surface area contributed by atoms with Gasteiger partial charge in [-0.3, -0.25) is 29.1 Å². The molecule has 15 heteroatoms. The molecule has 31 heavy (non-hydrogen) atoms. The first-order valence-corrected chi connectivity index (χ1v) is 10.1. The number of hydrogen-bond donors (Lipinski definition) is 2. The number of nitrogens with zero attached hydrogens (tertiary/aromatic N) is 7. The van der Waals surface area contributed by atoms with Crippen LogP contribution in [0, 0.1) is 27.5 Å². The maximum absolute atomic E-state index is 12.1. The highest BCUT2D eigenvalue weighted by atomic mass is 127. The van der Waals surface area contributed by atoms with Crippen molar-refractivity contribution in [3.63, 3.8) is 0 Å². The molecule has 0 aliphatic rings. The number of amides is 2.